The first-order valence-corrected chi connectivity index (χ1v) is 10.8. The first-order chi connectivity index (χ1) is 14.9. The van der Waals surface area contributed by atoms with E-state index in [0.717, 1.165) is 25.7 Å². The highest BCUT2D eigenvalue weighted by Gasteiger charge is 2.60. The monoisotopic (exact) mass is 441 g/mol. The lowest BCUT2D eigenvalue weighted by Crippen LogP contribution is -2.66. The number of hydrogen-bond acceptors (Lipinski definition) is 6. The van der Waals surface area contributed by atoms with Crippen molar-refractivity contribution in [3.05, 3.63) is 41.3 Å². The fourth-order valence-corrected chi connectivity index (χ4v) is 5.13. The number of rotatable bonds is 3. The number of carbonyl (C=O) groups excluding carboxylic acids is 1. The predicted octanol–water partition coefficient (Wildman–Crippen LogP) is 4.15. The topological polar surface area (TPSA) is 102 Å². The molecule has 1 saturated heterocycles. The second kappa shape index (κ2) is 7.33. The number of carbonyl (C=O) groups is 1. The highest BCUT2D eigenvalue weighted by molar-refractivity contribution is 6.33. The van der Waals surface area contributed by atoms with Crippen molar-refractivity contribution in [2.75, 3.05) is 5.32 Å². The highest BCUT2D eigenvalue weighted by Crippen LogP contribution is 2.53. The Balaban J connectivity index is 1.44. The van der Waals surface area contributed by atoms with Crippen molar-refractivity contribution in [3.8, 4) is 11.4 Å². The number of urea groups is 1. The number of hydrogen-bond donors (Lipinski definition) is 1. The Morgan fingerprint density at radius 2 is 2.13 bits per heavy atom. The van der Waals surface area contributed by atoms with Crippen LogP contribution in [-0.4, -0.2) is 41.9 Å². The highest BCUT2D eigenvalue weighted by atomic mass is 35.5. The van der Waals surface area contributed by atoms with Crippen LogP contribution < -0.4 is 5.32 Å². The maximum Gasteiger partial charge on any atom is 0.322 e. The van der Waals surface area contributed by atoms with Gasteiger partial charge in [-0.15, -0.1) is 10.2 Å². The van der Waals surface area contributed by atoms with E-state index in [1.807, 2.05) is 4.90 Å². The molecule has 3 atom stereocenters. The number of likely N-dealkylation sites (tertiary alicyclic amines) is 1. The summed E-state index contributed by atoms with van der Waals surface area (Å²) in [7, 11) is 1.79. The molecule has 2 aromatic heterocycles. The lowest BCUT2D eigenvalue weighted by Gasteiger charge is -2.55. The van der Waals surface area contributed by atoms with E-state index in [1.54, 1.807) is 43.2 Å². The number of aryl methyl sites for hydroxylation is 2. The first kappa shape index (κ1) is 20.0. The van der Waals surface area contributed by atoms with Crippen LogP contribution in [0.5, 0.6) is 0 Å². The van der Waals surface area contributed by atoms with E-state index >= 15 is 0 Å². The number of aromatic nitrogens is 5. The SMILES string of the molecule is Cc1nnc([C@]23C[C@@H](C)CC[C@H](C2)N3C(=O)Nc2ccc(Cl)c(-c3ncn(C)n3)c2)o1. The summed E-state index contributed by atoms with van der Waals surface area (Å²) in [4.78, 5) is 19.6. The van der Waals surface area contributed by atoms with Gasteiger partial charge in [-0.25, -0.2) is 9.78 Å². The van der Waals surface area contributed by atoms with Gasteiger partial charge in [-0.3, -0.25) is 4.68 Å². The summed E-state index contributed by atoms with van der Waals surface area (Å²) in [5, 5.41) is 16.2. The fourth-order valence-electron chi connectivity index (χ4n) is 4.93. The molecule has 0 unspecified atom stereocenters. The van der Waals surface area contributed by atoms with Gasteiger partial charge in [0, 0.05) is 37.7 Å². The Bertz CT molecular complexity index is 1140. The third kappa shape index (κ3) is 3.37. The number of amides is 2. The average Bonchev–Trinajstić information content (AvgIpc) is 3.25. The third-order valence-electron chi connectivity index (χ3n) is 6.28. The van der Waals surface area contributed by atoms with Gasteiger partial charge in [0.1, 0.15) is 11.9 Å². The Labute approximate surface area is 184 Å². The number of halogens is 1. The standard InChI is InChI=1S/C21H24ClN7O2/c1-12-4-6-15-10-21(9-12,19-26-25-13(2)31-19)29(15)20(30)24-14-5-7-17(22)16(8-14)18-23-11-28(3)27-18/h5,7-8,11-12,15H,4,6,9-10H2,1-3H3,(H,24,30)/t12-,15+,21-/m0/s1. The molecule has 5 rings (SSSR count). The molecule has 1 aliphatic heterocycles. The first-order valence-electron chi connectivity index (χ1n) is 10.4. The van der Waals surface area contributed by atoms with E-state index in [2.05, 4.69) is 32.5 Å². The minimum Gasteiger partial charge on any atom is -0.423 e. The normalized spacial score (nSPS) is 25.1. The molecule has 1 aliphatic carbocycles. The smallest absolute Gasteiger partial charge is 0.322 e. The van der Waals surface area contributed by atoms with Crippen LogP contribution in [0.15, 0.2) is 28.9 Å². The molecule has 2 aliphatic rings. The van der Waals surface area contributed by atoms with Gasteiger partial charge in [-0.05, 0) is 43.4 Å². The Morgan fingerprint density at radius 3 is 2.84 bits per heavy atom. The van der Waals surface area contributed by atoms with Gasteiger partial charge in [-0.2, -0.15) is 5.10 Å². The van der Waals surface area contributed by atoms with E-state index in [9.17, 15) is 4.79 Å². The van der Waals surface area contributed by atoms with Gasteiger partial charge in [0.25, 0.3) is 0 Å². The van der Waals surface area contributed by atoms with Crippen molar-refractivity contribution in [2.24, 2.45) is 13.0 Å². The Kier molecular flexibility index (Phi) is 4.73. The van der Waals surface area contributed by atoms with E-state index in [4.69, 9.17) is 16.0 Å². The molecule has 0 radical (unpaired) electrons. The molecule has 3 heterocycles. The Morgan fingerprint density at radius 1 is 1.29 bits per heavy atom. The molecule has 1 N–H and O–H groups in total. The lowest BCUT2D eigenvalue weighted by atomic mass is 9.75. The molecule has 3 aromatic rings. The zero-order chi connectivity index (χ0) is 21.8. The van der Waals surface area contributed by atoms with E-state index in [1.165, 1.54) is 0 Å². The number of anilines is 1. The van der Waals surface area contributed by atoms with Crippen molar-refractivity contribution in [3.63, 3.8) is 0 Å². The summed E-state index contributed by atoms with van der Waals surface area (Å²) < 4.78 is 7.42. The summed E-state index contributed by atoms with van der Waals surface area (Å²) in [6.07, 6.45) is 5.30. The maximum absolute atomic E-state index is 13.4. The summed E-state index contributed by atoms with van der Waals surface area (Å²) in [5.41, 5.74) is 0.742. The molecular weight excluding hydrogens is 418 g/mol. The minimum atomic E-state index is -0.552. The van der Waals surface area contributed by atoms with Crippen LogP contribution in [0.3, 0.4) is 0 Å². The fraction of sp³-hybridized carbons (Fsp3) is 0.476. The molecule has 1 saturated carbocycles. The molecule has 31 heavy (non-hydrogen) atoms. The molecule has 10 heteroatoms. The van der Waals surface area contributed by atoms with Crippen molar-refractivity contribution in [1.82, 2.24) is 29.9 Å². The average molecular weight is 442 g/mol. The van der Waals surface area contributed by atoms with Crippen molar-refractivity contribution >= 4 is 23.3 Å². The third-order valence-corrected chi connectivity index (χ3v) is 6.61. The quantitative estimate of drug-likeness (QED) is 0.655. The summed E-state index contributed by atoms with van der Waals surface area (Å²) in [5.74, 6) is 2.01. The number of benzene rings is 1. The molecule has 2 bridgehead atoms. The maximum atomic E-state index is 13.4. The molecule has 9 nitrogen and oxygen atoms in total. The number of nitrogens with one attached hydrogen (secondary N) is 1. The number of fused-ring (bicyclic) bond motifs is 2. The van der Waals surface area contributed by atoms with Crippen LogP contribution >= 0.6 is 11.6 Å². The van der Waals surface area contributed by atoms with Crippen molar-refractivity contribution < 1.29 is 9.21 Å². The van der Waals surface area contributed by atoms with Gasteiger partial charge in [0.2, 0.25) is 11.8 Å². The van der Waals surface area contributed by atoms with Crippen molar-refractivity contribution in [1.29, 1.82) is 0 Å². The predicted molar refractivity (Wildman–Crippen MR) is 114 cm³/mol. The summed E-state index contributed by atoms with van der Waals surface area (Å²) in [6, 6.07) is 5.29. The summed E-state index contributed by atoms with van der Waals surface area (Å²) >= 11 is 6.36. The van der Waals surface area contributed by atoms with Gasteiger partial charge >= 0.3 is 6.03 Å². The van der Waals surface area contributed by atoms with Gasteiger partial charge in [0.15, 0.2) is 5.82 Å². The van der Waals surface area contributed by atoms with Crippen molar-refractivity contribution in [2.45, 2.75) is 51.1 Å². The molecule has 2 fully saturated rings. The molecular formula is C21H24ClN7O2. The van der Waals surface area contributed by atoms with Gasteiger partial charge in [-0.1, -0.05) is 18.5 Å². The van der Waals surface area contributed by atoms with E-state index in [-0.39, 0.29) is 12.1 Å². The second-order valence-corrected chi connectivity index (χ2v) is 9.05. The van der Waals surface area contributed by atoms with Crippen LogP contribution in [0.25, 0.3) is 11.4 Å². The molecule has 0 spiro atoms. The minimum absolute atomic E-state index is 0.154. The molecule has 1 aromatic carbocycles. The van der Waals surface area contributed by atoms with Gasteiger partial charge < -0.3 is 14.6 Å². The summed E-state index contributed by atoms with van der Waals surface area (Å²) in [6.45, 7) is 3.99. The zero-order valence-electron chi connectivity index (χ0n) is 17.7. The lowest BCUT2D eigenvalue weighted by molar-refractivity contribution is -0.0517. The largest absolute Gasteiger partial charge is 0.423 e. The van der Waals surface area contributed by atoms with Crippen LogP contribution in [0, 0.1) is 12.8 Å². The van der Waals surface area contributed by atoms with Gasteiger partial charge in [0.05, 0.1) is 5.02 Å². The molecule has 2 amide bonds. The van der Waals surface area contributed by atoms with Crippen LogP contribution in [-0.2, 0) is 12.6 Å². The van der Waals surface area contributed by atoms with E-state index in [0.29, 0.717) is 39.8 Å². The van der Waals surface area contributed by atoms with Crippen LogP contribution in [0.4, 0.5) is 10.5 Å². The Hall–Kier alpha value is -2.94. The molecule has 162 valence electrons. The van der Waals surface area contributed by atoms with Crippen LogP contribution in [0.2, 0.25) is 5.02 Å². The van der Waals surface area contributed by atoms with Crippen LogP contribution in [0.1, 0.15) is 44.4 Å². The number of nitrogens with zero attached hydrogens (tertiary/aromatic N) is 6. The zero-order valence-corrected chi connectivity index (χ0v) is 18.4. The second-order valence-electron chi connectivity index (χ2n) is 8.64. The van der Waals surface area contributed by atoms with E-state index < -0.39 is 5.54 Å².